The number of Topliss-reactive ketones (excluding diaryl/α,β-unsaturated/α-hetero) is 1. The predicted molar refractivity (Wildman–Crippen MR) is 79.8 cm³/mol. The van der Waals surface area contributed by atoms with Crippen LogP contribution in [0.15, 0.2) is 48.5 Å². The summed E-state index contributed by atoms with van der Waals surface area (Å²) in [5.74, 6) is 0.0167. The van der Waals surface area contributed by atoms with Gasteiger partial charge >= 0.3 is 0 Å². The molecule has 0 amide bonds. The van der Waals surface area contributed by atoms with Gasteiger partial charge in [-0.3, -0.25) is 4.79 Å². The molecule has 22 heavy (non-hydrogen) atoms. The number of carbonyl (C=O) groups is 1. The fraction of sp³-hybridized carbons (Fsp3) is 0.235. The molecule has 0 saturated heterocycles. The second kappa shape index (κ2) is 7.56. The summed E-state index contributed by atoms with van der Waals surface area (Å²) in [6.07, 6.45) is -0.900. The van der Waals surface area contributed by atoms with Crippen LogP contribution in [0.25, 0.3) is 0 Å². The van der Waals surface area contributed by atoms with Gasteiger partial charge in [0.05, 0.1) is 5.56 Å². The molecular formula is C17H17FO4. The molecule has 1 atom stereocenters. The van der Waals surface area contributed by atoms with E-state index in [9.17, 15) is 14.3 Å². The van der Waals surface area contributed by atoms with Gasteiger partial charge in [0.1, 0.15) is 36.6 Å². The molecular weight excluding hydrogens is 287 g/mol. The van der Waals surface area contributed by atoms with Crippen LogP contribution < -0.4 is 9.47 Å². The molecule has 116 valence electrons. The van der Waals surface area contributed by atoms with Crippen molar-refractivity contribution in [2.45, 2.75) is 13.0 Å². The minimum atomic E-state index is -0.900. The minimum absolute atomic E-state index is 0.0364. The number of aliphatic hydroxyl groups excluding tert-OH is 1. The van der Waals surface area contributed by atoms with Crippen LogP contribution in [-0.2, 0) is 0 Å². The van der Waals surface area contributed by atoms with Crippen molar-refractivity contribution in [3.63, 3.8) is 0 Å². The van der Waals surface area contributed by atoms with E-state index in [4.69, 9.17) is 9.47 Å². The summed E-state index contributed by atoms with van der Waals surface area (Å²) in [5.41, 5.74) is 0.276. The molecule has 2 rings (SSSR count). The second-order valence-corrected chi connectivity index (χ2v) is 4.79. The molecule has 0 aromatic heterocycles. The highest BCUT2D eigenvalue weighted by molar-refractivity contribution is 5.96. The quantitative estimate of drug-likeness (QED) is 0.799. The van der Waals surface area contributed by atoms with Crippen LogP contribution in [0.4, 0.5) is 4.39 Å². The number of ketones is 1. The maximum Gasteiger partial charge on any atom is 0.163 e. The van der Waals surface area contributed by atoms with Gasteiger partial charge in [-0.05, 0) is 31.2 Å². The average Bonchev–Trinajstić information content (AvgIpc) is 2.51. The number of carbonyl (C=O) groups excluding carboxylic acids is 1. The minimum Gasteiger partial charge on any atom is -0.491 e. The van der Waals surface area contributed by atoms with Crippen LogP contribution in [0.1, 0.15) is 17.3 Å². The molecule has 0 fully saturated rings. The van der Waals surface area contributed by atoms with Crippen LogP contribution in [0, 0.1) is 5.82 Å². The van der Waals surface area contributed by atoms with Crippen molar-refractivity contribution >= 4 is 5.78 Å². The second-order valence-electron chi connectivity index (χ2n) is 4.79. The Hall–Kier alpha value is -2.40. The summed E-state index contributed by atoms with van der Waals surface area (Å²) in [4.78, 5) is 11.4. The summed E-state index contributed by atoms with van der Waals surface area (Å²) >= 11 is 0. The lowest BCUT2D eigenvalue weighted by Crippen LogP contribution is -2.25. The summed E-state index contributed by atoms with van der Waals surface area (Å²) in [6.45, 7) is 1.31. The highest BCUT2D eigenvalue weighted by Gasteiger charge is 2.12. The number of ether oxygens (including phenoxy) is 2. The number of rotatable bonds is 7. The maximum atomic E-state index is 13.2. The smallest absolute Gasteiger partial charge is 0.163 e. The van der Waals surface area contributed by atoms with Crippen molar-refractivity contribution in [1.29, 1.82) is 0 Å². The van der Waals surface area contributed by atoms with E-state index < -0.39 is 11.9 Å². The first-order chi connectivity index (χ1) is 10.6. The van der Waals surface area contributed by atoms with E-state index in [2.05, 4.69) is 0 Å². The molecule has 2 aromatic rings. The van der Waals surface area contributed by atoms with Crippen LogP contribution in [0.5, 0.6) is 11.5 Å². The van der Waals surface area contributed by atoms with Gasteiger partial charge in [0.15, 0.2) is 5.78 Å². The van der Waals surface area contributed by atoms with Crippen LogP contribution in [-0.4, -0.2) is 30.2 Å². The molecule has 0 unspecified atom stereocenters. The first-order valence-corrected chi connectivity index (χ1v) is 6.85. The lowest BCUT2D eigenvalue weighted by Gasteiger charge is -2.15. The highest BCUT2D eigenvalue weighted by atomic mass is 19.1. The van der Waals surface area contributed by atoms with E-state index in [1.165, 1.54) is 19.1 Å². The molecule has 0 aliphatic rings. The van der Waals surface area contributed by atoms with Crippen molar-refractivity contribution in [3.05, 3.63) is 59.9 Å². The largest absolute Gasteiger partial charge is 0.491 e. The highest BCUT2D eigenvalue weighted by Crippen LogP contribution is 2.20. The van der Waals surface area contributed by atoms with Crippen molar-refractivity contribution in [2.24, 2.45) is 0 Å². The monoisotopic (exact) mass is 304 g/mol. The van der Waals surface area contributed by atoms with Crippen molar-refractivity contribution in [1.82, 2.24) is 0 Å². The molecule has 2 aromatic carbocycles. The number of hydrogen-bond donors (Lipinski definition) is 1. The molecule has 1 N–H and O–H groups in total. The number of halogens is 1. The van der Waals surface area contributed by atoms with E-state index in [1.54, 1.807) is 12.1 Å². The Morgan fingerprint density at radius 2 is 1.82 bits per heavy atom. The van der Waals surface area contributed by atoms with Gasteiger partial charge in [0, 0.05) is 6.07 Å². The number of hydrogen-bond acceptors (Lipinski definition) is 4. The van der Waals surface area contributed by atoms with E-state index >= 15 is 0 Å². The predicted octanol–water partition coefficient (Wildman–Crippen LogP) is 2.85. The topological polar surface area (TPSA) is 55.8 Å². The molecule has 0 aliphatic heterocycles. The third-order valence-corrected chi connectivity index (χ3v) is 2.94. The van der Waals surface area contributed by atoms with Gasteiger partial charge in [0.25, 0.3) is 0 Å². The van der Waals surface area contributed by atoms with Crippen LogP contribution in [0.2, 0.25) is 0 Å². The van der Waals surface area contributed by atoms with E-state index in [0.29, 0.717) is 5.75 Å². The Morgan fingerprint density at radius 3 is 2.50 bits per heavy atom. The van der Waals surface area contributed by atoms with Gasteiger partial charge < -0.3 is 14.6 Å². The molecule has 0 spiro atoms. The molecule has 0 saturated carbocycles. The summed E-state index contributed by atoms with van der Waals surface area (Å²) in [5, 5.41) is 9.84. The van der Waals surface area contributed by atoms with E-state index in [-0.39, 0.29) is 30.3 Å². The molecule has 0 aliphatic carbocycles. The SMILES string of the molecule is CC(=O)c1ccc(F)cc1OC[C@H](O)COc1ccccc1. The lowest BCUT2D eigenvalue weighted by atomic mass is 10.1. The van der Waals surface area contributed by atoms with Crippen LogP contribution in [0.3, 0.4) is 0 Å². The van der Waals surface area contributed by atoms with Crippen LogP contribution >= 0.6 is 0 Å². The Bertz CT molecular complexity index is 628. The first-order valence-electron chi connectivity index (χ1n) is 6.85. The number of benzene rings is 2. The van der Waals surface area contributed by atoms with Crippen molar-refractivity contribution < 1.29 is 23.8 Å². The zero-order valence-electron chi connectivity index (χ0n) is 12.2. The third-order valence-electron chi connectivity index (χ3n) is 2.94. The number of aliphatic hydroxyl groups is 1. The van der Waals surface area contributed by atoms with Crippen molar-refractivity contribution in [2.75, 3.05) is 13.2 Å². The molecule has 0 bridgehead atoms. The Morgan fingerprint density at radius 1 is 1.14 bits per heavy atom. The van der Waals surface area contributed by atoms with Crippen molar-refractivity contribution in [3.8, 4) is 11.5 Å². The van der Waals surface area contributed by atoms with E-state index in [0.717, 1.165) is 6.07 Å². The fourth-order valence-electron chi connectivity index (χ4n) is 1.85. The molecule has 5 heteroatoms. The summed E-state index contributed by atoms with van der Waals surface area (Å²) in [6, 6.07) is 12.7. The molecule has 4 nitrogen and oxygen atoms in total. The van der Waals surface area contributed by atoms with E-state index in [1.807, 2.05) is 18.2 Å². The Balaban J connectivity index is 1.89. The van der Waals surface area contributed by atoms with Gasteiger partial charge in [0.2, 0.25) is 0 Å². The lowest BCUT2D eigenvalue weighted by molar-refractivity contribution is 0.0619. The number of para-hydroxylation sites is 1. The van der Waals surface area contributed by atoms with Gasteiger partial charge in [-0.2, -0.15) is 0 Å². The first kappa shape index (κ1) is 16.0. The Labute approximate surface area is 128 Å². The van der Waals surface area contributed by atoms with Gasteiger partial charge in [-0.15, -0.1) is 0 Å². The summed E-state index contributed by atoms with van der Waals surface area (Å²) < 4.78 is 24.0. The standard InChI is InChI=1S/C17H17FO4/c1-12(19)16-8-7-13(18)9-17(16)22-11-14(20)10-21-15-5-3-2-4-6-15/h2-9,14,20H,10-11H2,1H3/t14-/m1/s1. The zero-order chi connectivity index (χ0) is 15.9. The maximum absolute atomic E-state index is 13.2. The molecule has 0 radical (unpaired) electrons. The summed E-state index contributed by atoms with van der Waals surface area (Å²) in [7, 11) is 0. The van der Waals surface area contributed by atoms with Gasteiger partial charge in [-0.1, -0.05) is 18.2 Å². The third kappa shape index (κ3) is 4.56. The zero-order valence-corrected chi connectivity index (χ0v) is 12.2. The normalized spacial score (nSPS) is 11.8. The average molecular weight is 304 g/mol. The fourth-order valence-corrected chi connectivity index (χ4v) is 1.85. The molecule has 0 heterocycles. The Kier molecular flexibility index (Phi) is 5.49. The van der Waals surface area contributed by atoms with Gasteiger partial charge in [-0.25, -0.2) is 4.39 Å².